The minimum Gasteiger partial charge on any atom is -0.495 e. The molecule has 0 radical (unpaired) electrons. The number of nitrogens with zero attached hydrogens (tertiary/aromatic N) is 3. The molecule has 7 nitrogen and oxygen atoms in total. The van der Waals surface area contributed by atoms with Gasteiger partial charge in [-0.25, -0.2) is 9.78 Å². The Hall–Kier alpha value is -2.80. The fourth-order valence-corrected chi connectivity index (χ4v) is 2.62. The van der Waals surface area contributed by atoms with Crippen LogP contribution in [0.25, 0.3) is 16.7 Å². The highest BCUT2D eigenvalue weighted by Crippen LogP contribution is 2.31. The summed E-state index contributed by atoms with van der Waals surface area (Å²) in [4.78, 5) is 19.8. The number of hydrogen-bond acceptors (Lipinski definition) is 6. The summed E-state index contributed by atoms with van der Waals surface area (Å²) in [6.45, 7) is 0. The Morgan fingerprint density at radius 1 is 1.26 bits per heavy atom. The quantitative estimate of drug-likeness (QED) is 0.585. The zero-order chi connectivity index (χ0) is 16.6. The van der Waals surface area contributed by atoms with E-state index in [2.05, 4.69) is 9.97 Å². The minimum absolute atomic E-state index is 0.105. The topological polar surface area (TPSA) is 92.3 Å². The number of nitrogens with two attached hydrogens (primary N) is 1. The van der Waals surface area contributed by atoms with Crippen LogP contribution in [0.15, 0.2) is 30.5 Å². The van der Waals surface area contributed by atoms with Crippen LogP contribution >= 0.6 is 11.6 Å². The van der Waals surface area contributed by atoms with Crippen molar-refractivity contribution in [1.82, 2.24) is 14.5 Å². The molecule has 0 atom stereocenters. The first-order chi connectivity index (χ1) is 11.0. The van der Waals surface area contributed by atoms with Gasteiger partial charge in [0.15, 0.2) is 5.15 Å². The van der Waals surface area contributed by atoms with Crippen molar-refractivity contribution in [3.05, 3.63) is 41.2 Å². The summed E-state index contributed by atoms with van der Waals surface area (Å²) >= 11 is 6.19. The first kappa shape index (κ1) is 15.1. The van der Waals surface area contributed by atoms with E-state index >= 15 is 0 Å². The molecule has 0 saturated carbocycles. The fraction of sp³-hybridized carbons (Fsp3) is 0.133. The standard InChI is InChI=1S/C15H13ClN4O3/c1-22-11-7-8(14(21)23-2)3-4-10(11)20-6-5-9-12(20)13(16)19-15(17)18-9/h3-7H,1-2H3,(H2,17,18,19). The molecule has 0 spiro atoms. The van der Waals surface area contributed by atoms with Gasteiger partial charge in [-0.3, -0.25) is 0 Å². The van der Waals surface area contributed by atoms with Crippen molar-refractivity contribution in [2.75, 3.05) is 20.0 Å². The van der Waals surface area contributed by atoms with Crippen LogP contribution in [-0.2, 0) is 4.74 Å². The van der Waals surface area contributed by atoms with Gasteiger partial charge < -0.3 is 19.8 Å². The maximum atomic E-state index is 11.6. The zero-order valence-electron chi connectivity index (χ0n) is 12.4. The number of fused-ring (bicyclic) bond motifs is 1. The first-order valence-electron chi connectivity index (χ1n) is 6.62. The molecule has 0 saturated heterocycles. The van der Waals surface area contributed by atoms with Gasteiger partial charge in [-0.1, -0.05) is 11.6 Å². The summed E-state index contributed by atoms with van der Waals surface area (Å²) in [5, 5.41) is 0.233. The summed E-state index contributed by atoms with van der Waals surface area (Å²) in [7, 11) is 2.84. The van der Waals surface area contributed by atoms with E-state index in [1.807, 2.05) is 0 Å². The van der Waals surface area contributed by atoms with Gasteiger partial charge in [-0.2, -0.15) is 4.98 Å². The van der Waals surface area contributed by atoms with Crippen molar-refractivity contribution >= 4 is 34.6 Å². The number of carbonyl (C=O) groups is 1. The molecule has 0 unspecified atom stereocenters. The van der Waals surface area contributed by atoms with E-state index in [9.17, 15) is 4.79 Å². The Morgan fingerprint density at radius 3 is 2.74 bits per heavy atom. The molecule has 0 fully saturated rings. The number of nitrogen functional groups attached to an aromatic ring is 1. The monoisotopic (exact) mass is 332 g/mol. The Bertz CT molecular complexity index is 907. The summed E-state index contributed by atoms with van der Waals surface area (Å²) in [5.74, 6) is 0.146. The molecule has 3 aromatic rings. The molecule has 0 amide bonds. The van der Waals surface area contributed by atoms with Crippen LogP contribution in [0.1, 0.15) is 10.4 Å². The SMILES string of the molecule is COC(=O)c1ccc(-n2ccc3nc(N)nc(Cl)c32)c(OC)c1. The van der Waals surface area contributed by atoms with Crippen LogP contribution in [0.3, 0.4) is 0 Å². The summed E-state index contributed by atoms with van der Waals surface area (Å²) in [6, 6.07) is 6.74. The molecule has 1 aromatic carbocycles. The van der Waals surface area contributed by atoms with E-state index < -0.39 is 5.97 Å². The van der Waals surface area contributed by atoms with Gasteiger partial charge in [0.05, 0.1) is 31.0 Å². The van der Waals surface area contributed by atoms with Crippen molar-refractivity contribution in [2.24, 2.45) is 0 Å². The normalized spacial score (nSPS) is 10.7. The van der Waals surface area contributed by atoms with Crippen LogP contribution in [0.2, 0.25) is 5.15 Å². The number of hydrogen-bond donors (Lipinski definition) is 1. The summed E-state index contributed by atoms with van der Waals surface area (Å²) in [5.41, 5.74) is 7.89. The largest absolute Gasteiger partial charge is 0.495 e. The Morgan fingerprint density at radius 2 is 2.04 bits per heavy atom. The van der Waals surface area contributed by atoms with E-state index in [1.165, 1.54) is 14.2 Å². The van der Waals surface area contributed by atoms with Crippen LogP contribution in [0.4, 0.5) is 5.95 Å². The van der Waals surface area contributed by atoms with Crippen molar-refractivity contribution in [3.63, 3.8) is 0 Å². The molecular weight excluding hydrogens is 320 g/mol. The molecule has 118 valence electrons. The van der Waals surface area contributed by atoms with Crippen molar-refractivity contribution in [1.29, 1.82) is 0 Å². The van der Waals surface area contributed by atoms with E-state index in [0.717, 1.165) is 0 Å². The van der Waals surface area contributed by atoms with Crippen molar-refractivity contribution in [3.8, 4) is 11.4 Å². The molecule has 23 heavy (non-hydrogen) atoms. The Labute approximate surface area is 136 Å². The maximum Gasteiger partial charge on any atom is 0.337 e. The molecule has 0 aliphatic carbocycles. The lowest BCUT2D eigenvalue weighted by Gasteiger charge is -2.12. The van der Waals surface area contributed by atoms with Crippen LogP contribution in [0.5, 0.6) is 5.75 Å². The van der Waals surface area contributed by atoms with Gasteiger partial charge in [0.1, 0.15) is 11.3 Å². The average molecular weight is 333 g/mol. The summed E-state index contributed by atoms with van der Waals surface area (Å²) < 4.78 is 11.9. The van der Waals surface area contributed by atoms with Gasteiger partial charge in [0, 0.05) is 6.20 Å². The van der Waals surface area contributed by atoms with E-state index in [1.54, 1.807) is 35.0 Å². The van der Waals surface area contributed by atoms with Gasteiger partial charge in [0.2, 0.25) is 5.95 Å². The number of esters is 1. The van der Waals surface area contributed by atoms with Gasteiger partial charge in [0.25, 0.3) is 0 Å². The number of anilines is 1. The van der Waals surface area contributed by atoms with Gasteiger partial charge in [-0.05, 0) is 24.3 Å². The number of benzene rings is 1. The second kappa shape index (κ2) is 5.77. The molecule has 3 rings (SSSR count). The number of carbonyl (C=O) groups excluding carboxylic acids is 1. The van der Waals surface area contributed by atoms with E-state index in [-0.39, 0.29) is 11.1 Å². The number of aromatic nitrogens is 3. The molecule has 2 aromatic heterocycles. The van der Waals surface area contributed by atoms with Gasteiger partial charge in [-0.15, -0.1) is 0 Å². The minimum atomic E-state index is -0.443. The lowest BCUT2D eigenvalue weighted by Crippen LogP contribution is -2.04. The molecule has 2 heterocycles. The predicted molar refractivity (Wildman–Crippen MR) is 86.2 cm³/mol. The van der Waals surface area contributed by atoms with Crippen LogP contribution < -0.4 is 10.5 Å². The molecule has 2 N–H and O–H groups in total. The third kappa shape index (κ3) is 2.55. The predicted octanol–water partition coefficient (Wildman–Crippen LogP) is 2.45. The second-order valence-corrected chi connectivity index (χ2v) is 5.03. The highest BCUT2D eigenvalue weighted by atomic mass is 35.5. The molecule has 8 heteroatoms. The smallest absolute Gasteiger partial charge is 0.337 e. The maximum absolute atomic E-state index is 11.6. The average Bonchev–Trinajstić information content (AvgIpc) is 2.97. The molecule has 0 aliphatic rings. The third-order valence-electron chi connectivity index (χ3n) is 3.37. The van der Waals surface area contributed by atoms with Crippen molar-refractivity contribution in [2.45, 2.75) is 0 Å². The van der Waals surface area contributed by atoms with Crippen LogP contribution in [-0.4, -0.2) is 34.7 Å². The number of ether oxygens (including phenoxy) is 2. The van der Waals surface area contributed by atoms with E-state index in [0.29, 0.717) is 28.0 Å². The molecule has 0 aliphatic heterocycles. The lowest BCUT2D eigenvalue weighted by atomic mass is 10.2. The van der Waals surface area contributed by atoms with Gasteiger partial charge >= 0.3 is 5.97 Å². The Kier molecular flexibility index (Phi) is 3.79. The van der Waals surface area contributed by atoms with Crippen LogP contribution in [0, 0.1) is 0 Å². The Balaban J connectivity index is 2.21. The summed E-state index contributed by atoms with van der Waals surface area (Å²) in [6.07, 6.45) is 1.78. The highest BCUT2D eigenvalue weighted by Gasteiger charge is 2.16. The van der Waals surface area contributed by atoms with Crippen molar-refractivity contribution < 1.29 is 14.3 Å². The van der Waals surface area contributed by atoms with E-state index in [4.69, 9.17) is 26.8 Å². The molecule has 0 bridgehead atoms. The zero-order valence-corrected chi connectivity index (χ0v) is 13.2. The number of methoxy groups -OCH3 is 2. The third-order valence-corrected chi connectivity index (χ3v) is 3.63. The highest BCUT2D eigenvalue weighted by molar-refractivity contribution is 6.33. The fourth-order valence-electron chi connectivity index (χ4n) is 2.34. The molecular formula is C15H13ClN4O3. The first-order valence-corrected chi connectivity index (χ1v) is 6.99. The second-order valence-electron chi connectivity index (χ2n) is 4.67. The number of halogens is 1. The lowest BCUT2D eigenvalue weighted by molar-refractivity contribution is 0.0600. The number of rotatable bonds is 3.